The molecule has 1 saturated carbocycles. The monoisotopic (exact) mass is 321 g/mol. The molecule has 1 fully saturated rings. The van der Waals surface area contributed by atoms with Gasteiger partial charge in [-0.1, -0.05) is 24.3 Å². The summed E-state index contributed by atoms with van der Waals surface area (Å²) in [7, 11) is 0. The molecule has 6 heteroatoms. The molecule has 1 aromatic heterocycles. The molecule has 2 aliphatic carbocycles. The molecule has 23 heavy (non-hydrogen) atoms. The second kappa shape index (κ2) is 5.09. The molecule has 0 radical (unpaired) electrons. The summed E-state index contributed by atoms with van der Waals surface area (Å²) >= 11 is 0. The maximum atomic E-state index is 12.7. The topological polar surface area (TPSA) is 40.7 Å². The summed E-state index contributed by atoms with van der Waals surface area (Å²) in [6.45, 7) is 2.70. The first-order chi connectivity index (χ1) is 11.0. The maximum absolute atomic E-state index is 12.7. The minimum atomic E-state index is -4.39. The van der Waals surface area contributed by atoms with Crippen molar-refractivity contribution in [1.29, 1.82) is 0 Å². The first-order valence-corrected chi connectivity index (χ1v) is 7.86. The van der Waals surface area contributed by atoms with Gasteiger partial charge in [-0.05, 0) is 48.8 Å². The van der Waals surface area contributed by atoms with Crippen LogP contribution in [0.4, 0.5) is 13.2 Å². The van der Waals surface area contributed by atoms with Crippen LogP contribution in [-0.2, 0) is 19.1 Å². The van der Waals surface area contributed by atoms with E-state index in [1.165, 1.54) is 18.1 Å². The molecule has 3 unspecified atom stereocenters. The van der Waals surface area contributed by atoms with E-state index in [1.54, 1.807) is 0 Å². The zero-order valence-corrected chi connectivity index (χ0v) is 12.7. The molecule has 0 saturated heterocycles. The second-order valence-corrected chi connectivity index (χ2v) is 6.56. The predicted molar refractivity (Wildman–Crippen MR) is 79.9 cm³/mol. The van der Waals surface area contributed by atoms with Crippen molar-refractivity contribution in [2.45, 2.75) is 32.0 Å². The lowest BCUT2D eigenvalue weighted by Crippen LogP contribution is -2.19. The Morgan fingerprint density at radius 3 is 2.83 bits per heavy atom. The lowest BCUT2D eigenvalue weighted by Gasteiger charge is -2.09. The second-order valence-electron chi connectivity index (χ2n) is 6.56. The highest BCUT2D eigenvalue weighted by molar-refractivity contribution is 5.43. The summed E-state index contributed by atoms with van der Waals surface area (Å²) in [6, 6.07) is 8.56. The van der Waals surface area contributed by atoms with Crippen LogP contribution in [0.5, 0.6) is 0 Å². The van der Waals surface area contributed by atoms with Gasteiger partial charge in [0.1, 0.15) is 0 Å². The van der Waals surface area contributed by atoms with Crippen LogP contribution in [0.1, 0.15) is 34.0 Å². The van der Waals surface area contributed by atoms with Gasteiger partial charge >= 0.3 is 6.18 Å². The van der Waals surface area contributed by atoms with Gasteiger partial charge in [0, 0.05) is 12.1 Å². The predicted octanol–water partition coefficient (Wildman–Crippen LogP) is 3.41. The van der Waals surface area contributed by atoms with Crippen LogP contribution in [0.2, 0.25) is 0 Å². The van der Waals surface area contributed by atoms with Crippen molar-refractivity contribution >= 4 is 0 Å². The molecule has 3 atom stereocenters. The van der Waals surface area contributed by atoms with Crippen LogP contribution in [-0.4, -0.2) is 16.7 Å². The number of aromatic amines is 1. The summed E-state index contributed by atoms with van der Waals surface area (Å²) < 4.78 is 38.1. The number of alkyl halides is 3. The van der Waals surface area contributed by atoms with Crippen molar-refractivity contribution < 1.29 is 13.2 Å². The summed E-state index contributed by atoms with van der Waals surface area (Å²) in [5.74, 6) is 1.94. The first kappa shape index (κ1) is 14.8. The Kier molecular flexibility index (Phi) is 3.27. The fourth-order valence-corrected chi connectivity index (χ4v) is 4.01. The van der Waals surface area contributed by atoms with E-state index in [9.17, 15) is 13.2 Å². The van der Waals surface area contributed by atoms with Gasteiger partial charge in [0.15, 0.2) is 5.69 Å². The Morgan fingerprint density at radius 1 is 1.30 bits per heavy atom. The van der Waals surface area contributed by atoms with Crippen molar-refractivity contribution in [2.24, 2.45) is 11.8 Å². The molecule has 0 amide bonds. The summed E-state index contributed by atoms with van der Waals surface area (Å²) in [6.07, 6.45) is -3.26. The number of nitrogens with one attached hydrogen (secondary N) is 2. The number of H-pyrrole nitrogens is 1. The van der Waals surface area contributed by atoms with Crippen molar-refractivity contribution in [3.63, 3.8) is 0 Å². The molecular weight excluding hydrogens is 303 g/mol. The van der Waals surface area contributed by atoms with Crippen LogP contribution in [0.3, 0.4) is 0 Å². The highest BCUT2D eigenvalue weighted by Gasteiger charge is 2.54. The Morgan fingerprint density at radius 2 is 2.09 bits per heavy atom. The van der Waals surface area contributed by atoms with Crippen molar-refractivity contribution in [1.82, 2.24) is 15.5 Å². The average molecular weight is 321 g/mol. The van der Waals surface area contributed by atoms with Crippen molar-refractivity contribution in [3.05, 3.63) is 52.3 Å². The Hall–Kier alpha value is -1.82. The number of benzene rings is 1. The lowest BCUT2D eigenvalue weighted by molar-refractivity contribution is -0.141. The Balaban J connectivity index is 1.34. The van der Waals surface area contributed by atoms with E-state index in [-0.39, 0.29) is 5.56 Å². The number of fused-ring (bicyclic) bond motifs is 3. The van der Waals surface area contributed by atoms with Gasteiger partial charge in [0.2, 0.25) is 0 Å². The minimum Gasteiger partial charge on any atom is -0.311 e. The third-order valence-electron chi connectivity index (χ3n) is 5.26. The van der Waals surface area contributed by atoms with Crippen molar-refractivity contribution in [3.8, 4) is 0 Å². The zero-order valence-electron chi connectivity index (χ0n) is 12.7. The van der Waals surface area contributed by atoms with E-state index in [4.69, 9.17) is 0 Å². The molecule has 0 spiro atoms. The normalized spacial score (nSPS) is 25.3. The van der Waals surface area contributed by atoms with Gasteiger partial charge in [0.25, 0.3) is 0 Å². The number of hydrogen-bond acceptors (Lipinski definition) is 2. The molecule has 1 heterocycles. The fraction of sp³-hybridized carbons (Fsp3) is 0.471. The van der Waals surface area contributed by atoms with Crippen LogP contribution in [0.15, 0.2) is 24.3 Å². The van der Waals surface area contributed by atoms with Crippen LogP contribution >= 0.6 is 0 Å². The standard InChI is InChI=1S/C17H18F3N3/c1-9-14(22-23-16(9)17(18,19)20)8-21-7-13-12-6-10-4-2-3-5-11(10)15(12)13/h2-5,12-13,15,21H,6-8H2,1H3,(H,22,23). The number of nitrogens with zero attached hydrogens (tertiary/aromatic N) is 1. The third kappa shape index (κ3) is 2.45. The van der Waals surface area contributed by atoms with Crippen molar-refractivity contribution in [2.75, 3.05) is 6.54 Å². The Labute approximate surface area is 132 Å². The first-order valence-electron chi connectivity index (χ1n) is 7.86. The minimum absolute atomic E-state index is 0.186. The molecule has 3 nitrogen and oxygen atoms in total. The van der Waals surface area contributed by atoms with Gasteiger partial charge in [-0.2, -0.15) is 18.3 Å². The molecule has 0 aliphatic heterocycles. The molecular formula is C17H18F3N3. The number of aromatic nitrogens is 2. The molecule has 2 N–H and O–H groups in total. The SMILES string of the molecule is Cc1c(C(F)(F)F)n[nH]c1CNCC1C2Cc3ccccc3C12. The van der Waals surface area contributed by atoms with Gasteiger partial charge in [-0.15, -0.1) is 0 Å². The number of halogens is 3. The fourth-order valence-electron chi connectivity index (χ4n) is 4.01. The Bertz CT molecular complexity index is 735. The molecule has 122 valence electrons. The molecule has 2 aromatic rings. The third-order valence-corrected chi connectivity index (χ3v) is 5.26. The van der Waals surface area contributed by atoms with Crippen LogP contribution in [0.25, 0.3) is 0 Å². The summed E-state index contributed by atoms with van der Waals surface area (Å²) in [4.78, 5) is 0. The summed E-state index contributed by atoms with van der Waals surface area (Å²) in [5.41, 5.74) is 2.81. The van der Waals surface area contributed by atoms with Crippen LogP contribution < -0.4 is 5.32 Å². The zero-order chi connectivity index (χ0) is 16.2. The van der Waals surface area contributed by atoms with Gasteiger partial charge in [-0.3, -0.25) is 5.10 Å². The molecule has 0 bridgehead atoms. The van der Waals surface area contributed by atoms with Gasteiger partial charge in [-0.25, -0.2) is 0 Å². The molecule has 2 aliphatic rings. The number of hydrogen-bond donors (Lipinski definition) is 2. The van der Waals surface area contributed by atoms with E-state index in [0.717, 1.165) is 13.0 Å². The average Bonchev–Trinajstić information content (AvgIpc) is 2.85. The van der Waals surface area contributed by atoms with Gasteiger partial charge < -0.3 is 5.32 Å². The van der Waals surface area contributed by atoms with Crippen LogP contribution in [0, 0.1) is 18.8 Å². The van der Waals surface area contributed by atoms with E-state index in [0.29, 0.717) is 30.0 Å². The van der Waals surface area contributed by atoms with E-state index < -0.39 is 11.9 Å². The smallest absolute Gasteiger partial charge is 0.311 e. The maximum Gasteiger partial charge on any atom is 0.435 e. The molecule has 4 rings (SSSR count). The molecule has 1 aromatic carbocycles. The summed E-state index contributed by atoms with van der Waals surface area (Å²) in [5, 5.41) is 9.20. The van der Waals surface area contributed by atoms with E-state index >= 15 is 0 Å². The highest BCUT2D eigenvalue weighted by Crippen LogP contribution is 2.60. The quantitative estimate of drug-likeness (QED) is 0.906. The largest absolute Gasteiger partial charge is 0.435 e. The van der Waals surface area contributed by atoms with E-state index in [2.05, 4.69) is 39.8 Å². The number of rotatable bonds is 4. The van der Waals surface area contributed by atoms with Gasteiger partial charge in [0.05, 0.1) is 5.69 Å². The van der Waals surface area contributed by atoms with E-state index in [1.807, 2.05) is 0 Å². The lowest BCUT2D eigenvalue weighted by atomic mass is 10.0. The highest BCUT2D eigenvalue weighted by atomic mass is 19.4.